The first kappa shape index (κ1) is 19.1. The van der Waals surface area contributed by atoms with Crippen LogP contribution in [0.15, 0.2) is 35.7 Å². The van der Waals surface area contributed by atoms with Crippen molar-refractivity contribution >= 4 is 23.3 Å². The quantitative estimate of drug-likeness (QED) is 0.749. The number of nitrogens with zero attached hydrogens (tertiary/aromatic N) is 2. The van der Waals surface area contributed by atoms with Crippen LogP contribution < -0.4 is 5.32 Å². The minimum absolute atomic E-state index is 0.242. The van der Waals surface area contributed by atoms with Gasteiger partial charge in [0.15, 0.2) is 0 Å². The van der Waals surface area contributed by atoms with Crippen LogP contribution in [-0.4, -0.2) is 35.0 Å². The van der Waals surface area contributed by atoms with Gasteiger partial charge in [-0.15, -0.1) is 11.3 Å². The molecule has 0 spiro atoms. The molecule has 0 unspecified atom stereocenters. The zero-order valence-electron chi connectivity index (χ0n) is 15.9. The highest BCUT2D eigenvalue weighted by molar-refractivity contribution is 7.10. The number of amides is 3. The summed E-state index contributed by atoms with van der Waals surface area (Å²) in [4.78, 5) is 31.0. The van der Waals surface area contributed by atoms with E-state index in [0.717, 1.165) is 32.4 Å². The lowest BCUT2D eigenvalue weighted by Gasteiger charge is -2.31. The molecular formula is C21H24FN3O2S. The van der Waals surface area contributed by atoms with Crippen LogP contribution in [0.1, 0.15) is 42.2 Å². The molecule has 0 bridgehead atoms. The molecule has 4 rings (SSSR count). The van der Waals surface area contributed by atoms with Crippen molar-refractivity contribution in [3.05, 3.63) is 57.5 Å². The van der Waals surface area contributed by atoms with Crippen molar-refractivity contribution in [1.82, 2.24) is 15.1 Å². The lowest BCUT2D eigenvalue weighted by Crippen LogP contribution is -2.46. The molecule has 1 fully saturated rings. The van der Waals surface area contributed by atoms with Crippen LogP contribution in [0.5, 0.6) is 0 Å². The van der Waals surface area contributed by atoms with E-state index in [1.54, 1.807) is 23.5 Å². The van der Waals surface area contributed by atoms with Crippen LogP contribution >= 0.6 is 11.3 Å². The van der Waals surface area contributed by atoms with Crippen LogP contribution in [0, 0.1) is 5.82 Å². The van der Waals surface area contributed by atoms with Gasteiger partial charge in [-0.25, -0.2) is 14.1 Å². The predicted octanol–water partition coefficient (Wildman–Crippen LogP) is 3.84. The summed E-state index contributed by atoms with van der Waals surface area (Å²) >= 11 is 1.76. The van der Waals surface area contributed by atoms with Crippen LogP contribution in [0.25, 0.3) is 0 Å². The Morgan fingerprint density at radius 3 is 2.75 bits per heavy atom. The van der Waals surface area contributed by atoms with Gasteiger partial charge in [0.05, 0.1) is 6.67 Å². The molecule has 1 N–H and O–H groups in total. The molecule has 3 amide bonds. The van der Waals surface area contributed by atoms with Crippen LogP contribution in [0.2, 0.25) is 0 Å². The van der Waals surface area contributed by atoms with E-state index in [-0.39, 0.29) is 24.4 Å². The summed E-state index contributed by atoms with van der Waals surface area (Å²) in [6.07, 6.45) is 3.14. The summed E-state index contributed by atoms with van der Waals surface area (Å²) in [5.41, 5.74) is 0.811. The predicted molar refractivity (Wildman–Crippen MR) is 106 cm³/mol. The van der Waals surface area contributed by atoms with Crippen molar-refractivity contribution in [3.8, 4) is 0 Å². The number of unbranched alkanes of at least 4 members (excludes halogenated alkanes) is 1. The van der Waals surface area contributed by atoms with Gasteiger partial charge in [0, 0.05) is 18.0 Å². The van der Waals surface area contributed by atoms with Crippen LogP contribution in [-0.2, 0) is 23.3 Å². The van der Waals surface area contributed by atoms with E-state index in [1.807, 2.05) is 6.92 Å². The van der Waals surface area contributed by atoms with Crippen molar-refractivity contribution in [2.75, 3.05) is 13.2 Å². The minimum Gasteiger partial charge on any atom is -0.319 e. The molecule has 1 atom stereocenters. The molecule has 3 heterocycles. The fourth-order valence-electron chi connectivity index (χ4n) is 4.07. The number of halogens is 1. The van der Waals surface area contributed by atoms with Crippen molar-refractivity contribution in [2.45, 2.75) is 44.7 Å². The Kier molecular flexibility index (Phi) is 5.21. The Morgan fingerprint density at radius 1 is 1.21 bits per heavy atom. The van der Waals surface area contributed by atoms with Gasteiger partial charge in [-0.2, -0.15) is 0 Å². The van der Waals surface area contributed by atoms with Gasteiger partial charge in [0.2, 0.25) is 0 Å². The van der Waals surface area contributed by atoms with E-state index in [2.05, 4.69) is 21.7 Å². The summed E-state index contributed by atoms with van der Waals surface area (Å²) in [5.74, 6) is -0.600. The number of thiophene rings is 1. The number of hydrogen-bond acceptors (Lipinski definition) is 4. The average molecular weight is 402 g/mol. The molecule has 0 radical (unpaired) electrons. The van der Waals surface area contributed by atoms with E-state index < -0.39 is 5.54 Å². The second kappa shape index (κ2) is 7.64. The summed E-state index contributed by atoms with van der Waals surface area (Å²) in [7, 11) is 0. The molecule has 0 aliphatic carbocycles. The number of urea groups is 1. The molecule has 148 valence electrons. The van der Waals surface area contributed by atoms with Gasteiger partial charge in [0.1, 0.15) is 11.4 Å². The van der Waals surface area contributed by atoms with E-state index in [4.69, 9.17) is 0 Å². The molecule has 1 aromatic carbocycles. The van der Waals surface area contributed by atoms with Gasteiger partial charge < -0.3 is 5.32 Å². The molecule has 7 heteroatoms. The molecule has 0 saturated carbocycles. The second-order valence-corrected chi connectivity index (χ2v) is 8.49. The average Bonchev–Trinajstić information content (AvgIpc) is 3.25. The van der Waals surface area contributed by atoms with Gasteiger partial charge in [0.25, 0.3) is 5.91 Å². The molecule has 2 aliphatic heterocycles. The van der Waals surface area contributed by atoms with Gasteiger partial charge >= 0.3 is 6.03 Å². The van der Waals surface area contributed by atoms with E-state index in [1.165, 1.54) is 27.5 Å². The number of nitrogens with one attached hydrogen (secondary N) is 1. The highest BCUT2D eigenvalue weighted by atomic mass is 32.1. The normalized spacial score (nSPS) is 22.4. The third-order valence-electron chi connectivity index (χ3n) is 5.65. The van der Waals surface area contributed by atoms with Gasteiger partial charge in [-0.05, 0) is 47.5 Å². The topological polar surface area (TPSA) is 52.7 Å². The maximum Gasteiger partial charge on any atom is 0.326 e. The van der Waals surface area contributed by atoms with Crippen molar-refractivity contribution in [2.24, 2.45) is 0 Å². The molecule has 5 nitrogen and oxygen atoms in total. The summed E-state index contributed by atoms with van der Waals surface area (Å²) in [6.45, 7) is 3.88. The number of hydrogen-bond donors (Lipinski definition) is 1. The lowest BCUT2D eigenvalue weighted by molar-refractivity contribution is -0.133. The SMILES string of the molecule is CCCC[C@@]1(c2ccc(F)cc2)NC(=O)N(CN2CCc3sccc3C2)C1=O. The number of carbonyl (C=O) groups is 2. The Morgan fingerprint density at radius 2 is 2.00 bits per heavy atom. The summed E-state index contributed by atoms with van der Waals surface area (Å²) in [5, 5.41) is 5.02. The summed E-state index contributed by atoms with van der Waals surface area (Å²) < 4.78 is 13.4. The zero-order chi connectivity index (χ0) is 19.7. The Labute approximate surface area is 168 Å². The number of imide groups is 1. The third-order valence-corrected chi connectivity index (χ3v) is 6.67. The summed E-state index contributed by atoms with van der Waals surface area (Å²) in [6, 6.07) is 7.63. The standard InChI is InChI=1S/C21H24FN3O2S/c1-2-3-10-21(16-4-6-17(22)7-5-16)19(26)25(20(27)23-21)14-24-11-8-18-15(13-24)9-12-28-18/h4-7,9,12H,2-3,8,10-11,13-14H2,1H3,(H,23,27)/t21-/m0/s1. The first-order chi connectivity index (χ1) is 13.5. The van der Waals surface area contributed by atoms with Crippen molar-refractivity contribution in [3.63, 3.8) is 0 Å². The molecule has 2 aliphatic rings. The number of fused-ring (bicyclic) bond motifs is 1. The highest BCUT2D eigenvalue weighted by Gasteiger charge is 2.52. The fourth-order valence-corrected chi connectivity index (χ4v) is 4.96. The maximum atomic E-state index is 13.4. The van der Waals surface area contributed by atoms with E-state index in [9.17, 15) is 14.0 Å². The van der Waals surface area contributed by atoms with E-state index >= 15 is 0 Å². The molecule has 1 aromatic heterocycles. The first-order valence-corrected chi connectivity index (χ1v) is 10.6. The smallest absolute Gasteiger partial charge is 0.319 e. The molecule has 28 heavy (non-hydrogen) atoms. The van der Waals surface area contributed by atoms with Crippen molar-refractivity contribution < 1.29 is 14.0 Å². The number of carbonyl (C=O) groups excluding carboxylic acids is 2. The number of rotatable bonds is 6. The third kappa shape index (κ3) is 3.33. The first-order valence-electron chi connectivity index (χ1n) is 9.71. The highest BCUT2D eigenvalue weighted by Crippen LogP contribution is 2.35. The fraction of sp³-hybridized carbons (Fsp3) is 0.429. The Balaban J connectivity index is 1.57. The second-order valence-electron chi connectivity index (χ2n) is 7.49. The molecular weight excluding hydrogens is 377 g/mol. The largest absolute Gasteiger partial charge is 0.326 e. The monoisotopic (exact) mass is 401 g/mol. The Hall–Kier alpha value is -2.25. The van der Waals surface area contributed by atoms with Gasteiger partial charge in [-0.1, -0.05) is 31.9 Å². The van der Waals surface area contributed by atoms with Gasteiger partial charge in [-0.3, -0.25) is 9.69 Å². The van der Waals surface area contributed by atoms with Crippen molar-refractivity contribution in [1.29, 1.82) is 0 Å². The maximum absolute atomic E-state index is 13.4. The van der Waals surface area contributed by atoms with E-state index in [0.29, 0.717) is 12.0 Å². The Bertz CT molecular complexity index is 882. The lowest BCUT2D eigenvalue weighted by atomic mass is 9.85. The van der Waals surface area contributed by atoms with Crippen LogP contribution in [0.3, 0.4) is 0 Å². The number of benzene rings is 1. The minimum atomic E-state index is -1.11. The van der Waals surface area contributed by atoms with Crippen LogP contribution in [0.4, 0.5) is 9.18 Å². The molecule has 1 saturated heterocycles. The zero-order valence-corrected chi connectivity index (χ0v) is 16.7. The molecule has 2 aromatic rings.